The molecule has 0 radical (unpaired) electrons. The van der Waals surface area contributed by atoms with E-state index in [9.17, 15) is 18.0 Å². The quantitative estimate of drug-likeness (QED) is 0.883. The Hall–Kier alpha value is -2.12. The van der Waals surface area contributed by atoms with E-state index in [1.54, 1.807) is 0 Å². The number of ether oxygens (including phenoxy) is 3. The number of hydrogen-bond donors (Lipinski definition) is 1. The predicted octanol–water partition coefficient (Wildman–Crippen LogP) is 2.06. The van der Waals surface area contributed by atoms with Gasteiger partial charge in [-0.3, -0.25) is 0 Å². The molecule has 0 bridgehead atoms. The molecule has 0 saturated heterocycles. The molecule has 0 aliphatic carbocycles. The summed E-state index contributed by atoms with van der Waals surface area (Å²) in [6.07, 6.45) is -4.83. The van der Waals surface area contributed by atoms with E-state index in [2.05, 4.69) is 4.74 Å². The Kier molecular flexibility index (Phi) is 4.24. The summed E-state index contributed by atoms with van der Waals surface area (Å²) in [6.45, 7) is -0.703. The fraction of sp³-hybridized carbons (Fsp3) is 0.300. The molecule has 5 nitrogen and oxygen atoms in total. The van der Waals surface area contributed by atoms with Crippen LogP contribution in [0, 0.1) is 0 Å². The van der Waals surface area contributed by atoms with Crippen molar-refractivity contribution in [3.05, 3.63) is 18.2 Å². The van der Waals surface area contributed by atoms with E-state index in [1.807, 2.05) is 0 Å². The average molecular weight is 266 g/mol. The number of alkyl halides is 3. The van der Waals surface area contributed by atoms with Gasteiger partial charge in [0.25, 0.3) is 0 Å². The molecular formula is C10H9F3O5. The normalized spacial score (nSPS) is 10.9. The van der Waals surface area contributed by atoms with E-state index in [-0.39, 0.29) is 11.5 Å². The van der Waals surface area contributed by atoms with Crippen molar-refractivity contribution in [2.75, 3.05) is 13.7 Å². The van der Waals surface area contributed by atoms with Crippen molar-refractivity contribution in [3.8, 4) is 17.2 Å². The van der Waals surface area contributed by atoms with Crippen LogP contribution >= 0.6 is 0 Å². The third-order valence-corrected chi connectivity index (χ3v) is 1.72. The first-order valence-corrected chi connectivity index (χ1v) is 4.60. The van der Waals surface area contributed by atoms with Crippen LogP contribution < -0.4 is 14.2 Å². The molecule has 0 heterocycles. The SMILES string of the molecule is COc1ccc(OC(F)(F)F)cc1OCC(=O)O. The van der Waals surface area contributed by atoms with Crippen LogP contribution in [0.5, 0.6) is 17.2 Å². The van der Waals surface area contributed by atoms with E-state index in [4.69, 9.17) is 14.6 Å². The fourth-order valence-electron chi connectivity index (χ4n) is 1.11. The highest BCUT2D eigenvalue weighted by Gasteiger charge is 2.31. The Morgan fingerprint density at radius 2 is 2.00 bits per heavy atom. The Morgan fingerprint density at radius 3 is 2.50 bits per heavy atom. The van der Waals surface area contributed by atoms with Crippen molar-refractivity contribution in [1.82, 2.24) is 0 Å². The molecule has 0 aliphatic rings. The van der Waals surface area contributed by atoms with Crippen molar-refractivity contribution in [1.29, 1.82) is 0 Å². The van der Waals surface area contributed by atoms with Gasteiger partial charge in [-0.1, -0.05) is 0 Å². The lowest BCUT2D eigenvalue weighted by Crippen LogP contribution is -2.17. The first-order chi connectivity index (χ1) is 8.31. The van der Waals surface area contributed by atoms with Crippen LogP contribution in [-0.2, 0) is 4.79 Å². The molecular weight excluding hydrogens is 257 g/mol. The molecule has 0 unspecified atom stereocenters. The maximum Gasteiger partial charge on any atom is 0.573 e. The summed E-state index contributed by atoms with van der Waals surface area (Å²) >= 11 is 0. The van der Waals surface area contributed by atoms with Crippen molar-refractivity contribution in [2.45, 2.75) is 6.36 Å². The smallest absolute Gasteiger partial charge is 0.493 e. The Labute approximate surface area is 99.7 Å². The zero-order valence-electron chi connectivity index (χ0n) is 9.15. The highest BCUT2D eigenvalue weighted by molar-refractivity contribution is 5.68. The summed E-state index contributed by atoms with van der Waals surface area (Å²) in [6, 6.07) is 3.10. The zero-order valence-corrected chi connectivity index (χ0v) is 9.15. The van der Waals surface area contributed by atoms with E-state index in [1.165, 1.54) is 13.2 Å². The van der Waals surface area contributed by atoms with Crippen molar-refractivity contribution < 1.29 is 37.3 Å². The summed E-state index contributed by atoms with van der Waals surface area (Å²) in [4.78, 5) is 10.3. The molecule has 0 atom stereocenters. The molecule has 18 heavy (non-hydrogen) atoms. The highest BCUT2D eigenvalue weighted by Crippen LogP contribution is 2.33. The monoisotopic (exact) mass is 266 g/mol. The summed E-state index contributed by atoms with van der Waals surface area (Å²) in [5.74, 6) is -1.84. The van der Waals surface area contributed by atoms with Crippen LogP contribution in [0.15, 0.2) is 18.2 Å². The maximum atomic E-state index is 12.0. The van der Waals surface area contributed by atoms with Gasteiger partial charge in [0.15, 0.2) is 18.1 Å². The fourth-order valence-corrected chi connectivity index (χ4v) is 1.11. The van der Waals surface area contributed by atoms with Crippen LogP contribution in [0.3, 0.4) is 0 Å². The lowest BCUT2D eigenvalue weighted by atomic mass is 10.3. The molecule has 0 spiro atoms. The number of halogens is 3. The Balaban J connectivity index is 2.90. The first kappa shape index (κ1) is 13.9. The first-order valence-electron chi connectivity index (χ1n) is 4.60. The second-order valence-corrected chi connectivity index (χ2v) is 3.04. The minimum absolute atomic E-state index is 0.103. The minimum atomic E-state index is -4.83. The third-order valence-electron chi connectivity index (χ3n) is 1.72. The number of aliphatic carboxylic acids is 1. The van der Waals surface area contributed by atoms with Gasteiger partial charge in [0.2, 0.25) is 0 Å². The van der Waals surface area contributed by atoms with Crippen LogP contribution in [-0.4, -0.2) is 31.2 Å². The largest absolute Gasteiger partial charge is 0.573 e. The second-order valence-electron chi connectivity index (χ2n) is 3.04. The van der Waals surface area contributed by atoms with E-state index in [0.717, 1.165) is 12.1 Å². The minimum Gasteiger partial charge on any atom is -0.493 e. The second kappa shape index (κ2) is 5.48. The van der Waals surface area contributed by atoms with Gasteiger partial charge < -0.3 is 19.3 Å². The number of hydrogen-bond acceptors (Lipinski definition) is 4. The van der Waals surface area contributed by atoms with Crippen molar-refractivity contribution >= 4 is 5.97 Å². The topological polar surface area (TPSA) is 65.0 Å². The van der Waals surface area contributed by atoms with Crippen LogP contribution in [0.1, 0.15) is 0 Å². The molecule has 1 aromatic rings. The van der Waals surface area contributed by atoms with E-state index >= 15 is 0 Å². The molecule has 8 heteroatoms. The van der Waals surface area contributed by atoms with Gasteiger partial charge in [0.05, 0.1) is 7.11 Å². The molecule has 1 N–H and O–H groups in total. The van der Waals surface area contributed by atoms with Crippen molar-refractivity contribution in [2.24, 2.45) is 0 Å². The highest BCUT2D eigenvalue weighted by atomic mass is 19.4. The summed E-state index contributed by atoms with van der Waals surface area (Å²) in [7, 11) is 1.27. The zero-order chi connectivity index (χ0) is 13.8. The summed E-state index contributed by atoms with van der Waals surface area (Å²) < 4.78 is 49.2. The summed E-state index contributed by atoms with van der Waals surface area (Å²) in [5.41, 5.74) is 0. The average Bonchev–Trinajstić information content (AvgIpc) is 2.24. The number of rotatable bonds is 5. The predicted molar refractivity (Wildman–Crippen MR) is 52.8 cm³/mol. The number of benzene rings is 1. The third kappa shape index (κ3) is 4.40. The van der Waals surface area contributed by atoms with Gasteiger partial charge in [-0.25, -0.2) is 4.79 Å². The van der Waals surface area contributed by atoms with Gasteiger partial charge in [-0.15, -0.1) is 13.2 Å². The van der Waals surface area contributed by atoms with Gasteiger partial charge >= 0.3 is 12.3 Å². The molecule has 0 fully saturated rings. The number of carboxylic acid groups (broad SMARTS) is 1. The lowest BCUT2D eigenvalue weighted by Gasteiger charge is -2.13. The Bertz CT molecular complexity index is 430. The standard InChI is InChI=1S/C10H9F3O5/c1-16-7-3-2-6(18-10(11,12)13)4-8(7)17-5-9(14)15/h2-4H,5H2,1H3,(H,14,15). The molecule has 1 aromatic carbocycles. The Morgan fingerprint density at radius 1 is 1.33 bits per heavy atom. The van der Waals surface area contributed by atoms with Gasteiger partial charge in [0, 0.05) is 6.07 Å². The number of methoxy groups -OCH3 is 1. The van der Waals surface area contributed by atoms with Gasteiger partial charge in [-0.2, -0.15) is 0 Å². The molecule has 0 amide bonds. The molecule has 0 saturated carbocycles. The molecule has 0 aliphatic heterocycles. The van der Waals surface area contributed by atoms with Crippen LogP contribution in [0.2, 0.25) is 0 Å². The van der Waals surface area contributed by atoms with Gasteiger partial charge in [-0.05, 0) is 12.1 Å². The van der Waals surface area contributed by atoms with E-state index < -0.39 is 24.7 Å². The summed E-state index contributed by atoms with van der Waals surface area (Å²) in [5, 5.41) is 8.42. The molecule has 1 rings (SSSR count). The number of carboxylic acids is 1. The van der Waals surface area contributed by atoms with Crippen LogP contribution in [0.4, 0.5) is 13.2 Å². The molecule has 0 aromatic heterocycles. The van der Waals surface area contributed by atoms with Crippen LogP contribution in [0.25, 0.3) is 0 Å². The molecule has 100 valence electrons. The lowest BCUT2D eigenvalue weighted by molar-refractivity contribution is -0.274. The maximum absolute atomic E-state index is 12.0. The van der Waals surface area contributed by atoms with Crippen molar-refractivity contribution in [3.63, 3.8) is 0 Å². The van der Waals surface area contributed by atoms with Gasteiger partial charge in [0.1, 0.15) is 5.75 Å². The van der Waals surface area contributed by atoms with E-state index in [0.29, 0.717) is 0 Å². The number of carbonyl (C=O) groups is 1.